The highest BCUT2D eigenvalue weighted by Gasteiger charge is 2.14. The maximum absolute atomic E-state index is 11.7. The molecule has 0 bridgehead atoms. The third kappa shape index (κ3) is 6.07. The average Bonchev–Trinajstić information content (AvgIpc) is 2.67. The van der Waals surface area contributed by atoms with Gasteiger partial charge in [0.25, 0.3) is 5.91 Å². The van der Waals surface area contributed by atoms with Crippen LogP contribution in [0.1, 0.15) is 42.4 Å². The van der Waals surface area contributed by atoms with Crippen molar-refractivity contribution in [3.05, 3.63) is 35.8 Å². The maximum Gasteiger partial charge on any atom is 0.269 e. The molecule has 0 saturated heterocycles. The number of hydrogen-bond donors (Lipinski definition) is 4. The van der Waals surface area contributed by atoms with Crippen molar-refractivity contribution in [3.63, 3.8) is 0 Å². The second kappa shape index (κ2) is 10.3. The number of nitrogens with two attached hydrogens (primary N) is 1. The van der Waals surface area contributed by atoms with Crippen LogP contribution in [0.3, 0.4) is 0 Å². The van der Waals surface area contributed by atoms with Gasteiger partial charge < -0.3 is 26.2 Å². The normalized spacial score (nSPS) is 11.7. The fourth-order valence-corrected chi connectivity index (χ4v) is 2.55. The number of aliphatic hydroxyl groups is 1. The Morgan fingerprint density at radius 3 is 2.85 bits per heavy atom. The molecule has 1 atom stereocenters. The largest absolute Gasteiger partial charge is 0.482 e. The van der Waals surface area contributed by atoms with E-state index in [1.807, 2.05) is 0 Å². The number of carbonyl (C=O) groups is 1. The van der Waals surface area contributed by atoms with E-state index in [1.165, 1.54) is 6.20 Å². The van der Waals surface area contributed by atoms with Gasteiger partial charge in [0.15, 0.2) is 11.6 Å². The minimum Gasteiger partial charge on any atom is -0.482 e. The summed E-state index contributed by atoms with van der Waals surface area (Å²) in [5, 5.41) is 15.0. The van der Waals surface area contributed by atoms with E-state index in [2.05, 4.69) is 32.5 Å². The number of ether oxygens (including phenoxy) is 1. The molecule has 1 amide bonds. The number of aliphatic hydroxyl groups excluding tert-OH is 1. The SMILES string of the molecule is CCCC(CCO)Nc1nc(N)ncc1OCc1cccc(C(=O)NC)n1. The summed E-state index contributed by atoms with van der Waals surface area (Å²) in [6.07, 6.45) is 3.92. The molecule has 2 aromatic heterocycles. The molecule has 0 aliphatic carbocycles. The quantitative estimate of drug-likeness (QED) is 0.489. The zero-order valence-corrected chi connectivity index (χ0v) is 15.6. The lowest BCUT2D eigenvalue weighted by molar-refractivity contribution is 0.0957. The number of rotatable bonds is 10. The van der Waals surface area contributed by atoms with Gasteiger partial charge in [-0.05, 0) is 25.0 Å². The average molecular weight is 374 g/mol. The van der Waals surface area contributed by atoms with Gasteiger partial charge in [-0.25, -0.2) is 9.97 Å². The van der Waals surface area contributed by atoms with Crippen molar-refractivity contribution in [1.82, 2.24) is 20.3 Å². The molecule has 0 saturated carbocycles. The van der Waals surface area contributed by atoms with Crippen molar-refractivity contribution in [2.75, 3.05) is 24.7 Å². The van der Waals surface area contributed by atoms with Gasteiger partial charge in [0.1, 0.15) is 12.3 Å². The van der Waals surface area contributed by atoms with E-state index < -0.39 is 0 Å². The van der Waals surface area contributed by atoms with Crippen LogP contribution in [0.25, 0.3) is 0 Å². The summed E-state index contributed by atoms with van der Waals surface area (Å²) in [5.41, 5.74) is 6.62. The lowest BCUT2D eigenvalue weighted by Crippen LogP contribution is -2.22. The van der Waals surface area contributed by atoms with Crippen molar-refractivity contribution in [2.45, 2.75) is 38.8 Å². The number of pyridine rings is 1. The third-order valence-corrected chi connectivity index (χ3v) is 3.87. The van der Waals surface area contributed by atoms with Gasteiger partial charge in [-0.3, -0.25) is 4.79 Å². The highest BCUT2D eigenvalue weighted by Crippen LogP contribution is 2.24. The number of nitrogens with zero attached hydrogens (tertiary/aromatic N) is 3. The molecular formula is C18H26N6O3. The smallest absolute Gasteiger partial charge is 0.269 e. The van der Waals surface area contributed by atoms with Gasteiger partial charge >= 0.3 is 0 Å². The molecule has 0 aliphatic rings. The zero-order valence-electron chi connectivity index (χ0n) is 15.6. The van der Waals surface area contributed by atoms with Crippen molar-refractivity contribution in [3.8, 4) is 5.75 Å². The van der Waals surface area contributed by atoms with Gasteiger partial charge in [0.2, 0.25) is 5.95 Å². The van der Waals surface area contributed by atoms with E-state index in [4.69, 9.17) is 10.5 Å². The second-order valence-corrected chi connectivity index (χ2v) is 5.97. The Hall–Kier alpha value is -2.94. The number of anilines is 2. The predicted molar refractivity (Wildman–Crippen MR) is 102 cm³/mol. The highest BCUT2D eigenvalue weighted by atomic mass is 16.5. The summed E-state index contributed by atoms with van der Waals surface area (Å²) >= 11 is 0. The summed E-state index contributed by atoms with van der Waals surface area (Å²) in [7, 11) is 1.55. The topological polar surface area (TPSA) is 135 Å². The number of aromatic nitrogens is 3. The lowest BCUT2D eigenvalue weighted by atomic mass is 10.1. The van der Waals surface area contributed by atoms with Crippen LogP contribution in [0.15, 0.2) is 24.4 Å². The van der Waals surface area contributed by atoms with Gasteiger partial charge in [-0.15, -0.1) is 0 Å². The molecule has 2 rings (SSSR count). The summed E-state index contributed by atoms with van der Waals surface area (Å²) in [6.45, 7) is 2.29. The van der Waals surface area contributed by atoms with Crippen molar-refractivity contribution in [2.24, 2.45) is 0 Å². The Bertz CT molecular complexity index is 750. The second-order valence-electron chi connectivity index (χ2n) is 5.97. The first-order valence-electron chi connectivity index (χ1n) is 8.88. The first-order chi connectivity index (χ1) is 13.1. The van der Waals surface area contributed by atoms with E-state index in [9.17, 15) is 9.90 Å². The Kier molecular flexibility index (Phi) is 7.75. The van der Waals surface area contributed by atoms with Crippen molar-refractivity contribution >= 4 is 17.7 Å². The third-order valence-electron chi connectivity index (χ3n) is 3.87. The van der Waals surface area contributed by atoms with E-state index in [0.717, 1.165) is 12.8 Å². The summed E-state index contributed by atoms with van der Waals surface area (Å²) < 4.78 is 5.80. The standard InChI is InChI=1S/C18H26N6O3/c1-3-5-12(8-9-25)23-16-15(10-21-18(19)24-16)27-11-13-6-4-7-14(22-13)17(26)20-2/h4,6-7,10,12,25H,3,5,8-9,11H2,1-2H3,(H,20,26)(H3,19,21,23,24). The Balaban J connectivity index is 2.13. The van der Waals surface area contributed by atoms with Crippen LogP contribution >= 0.6 is 0 Å². The molecule has 0 fully saturated rings. The number of carbonyl (C=O) groups excluding carboxylic acids is 1. The molecule has 9 heteroatoms. The van der Waals surface area contributed by atoms with Crippen LogP contribution in [0.5, 0.6) is 5.75 Å². The van der Waals surface area contributed by atoms with Crippen LogP contribution in [-0.4, -0.2) is 45.7 Å². The minimum atomic E-state index is -0.263. The fourth-order valence-electron chi connectivity index (χ4n) is 2.55. The molecule has 2 aromatic rings. The van der Waals surface area contributed by atoms with Crippen LogP contribution < -0.4 is 21.1 Å². The Morgan fingerprint density at radius 2 is 2.15 bits per heavy atom. The molecular weight excluding hydrogens is 348 g/mol. The van der Waals surface area contributed by atoms with Gasteiger partial charge in [-0.2, -0.15) is 4.98 Å². The van der Waals surface area contributed by atoms with E-state index >= 15 is 0 Å². The molecule has 0 aliphatic heterocycles. The Labute approximate surface area is 158 Å². The number of hydrogen-bond acceptors (Lipinski definition) is 8. The molecule has 9 nitrogen and oxygen atoms in total. The molecule has 5 N–H and O–H groups in total. The van der Waals surface area contributed by atoms with Crippen molar-refractivity contribution in [1.29, 1.82) is 0 Å². The monoisotopic (exact) mass is 374 g/mol. The van der Waals surface area contributed by atoms with Crippen molar-refractivity contribution < 1.29 is 14.6 Å². The molecule has 1 unspecified atom stereocenters. The molecule has 27 heavy (non-hydrogen) atoms. The molecule has 0 spiro atoms. The summed E-state index contributed by atoms with van der Waals surface area (Å²) in [4.78, 5) is 24.2. The highest BCUT2D eigenvalue weighted by molar-refractivity contribution is 5.91. The molecule has 2 heterocycles. The van der Waals surface area contributed by atoms with Gasteiger partial charge in [0.05, 0.1) is 11.9 Å². The molecule has 0 radical (unpaired) electrons. The van der Waals surface area contributed by atoms with E-state index in [1.54, 1.807) is 25.2 Å². The van der Waals surface area contributed by atoms with Gasteiger partial charge in [-0.1, -0.05) is 19.4 Å². The lowest BCUT2D eigenvalue weighted by Gasteiger charge is -2.19. The van der Waals surface area contributed by atoms with E-state index in [0.29, 0.717) is 29.4 Å². The maximum atomic E-state index is 11.7. The van der Waals surface area contributed by atoms with Crippen LogP contribution in [-0.2, 0) is 6.61 Å². The molecule has 0 aromatic carbocycles. The zero-order chi connectivity index (χ0) is 19.6. The summed E-state index contributed by atoms with van der Waals surface area (Å²) in [5.74, 6) is 0.762. The number of amides is 1. The first-order valence-corrected chi connectivity index (χ1v) is 8.88. The summed E-state index contributed by atoms with van der Waals surface area (Å²) in [6, 6.07) is 5.19. The minimum absolute atomic E-state index is 0.0475. The number of nitrogen functional groups attached to an aromatic ring is 1. The van der Waals surface area contributed by atoms with E-state index in [-0.39, 0.29) is 31.1 Å². The van der Waals surface area contributed by atoms with Gasteiger partial charge in [0, 0.05) is 19.7 Å². The molecule has 146 valence electrons. The van der Waals surface area contributed by atoms with Crippen LogP contribution in [0.2, 0.25) is 0 Å². The fraction of sp³-hybridized carbons (Fsp3) is 0.444. The predicted octanol–water partition coefficient (Wildman–Crippen LogP) is 1.36. The first kappa shape index (κ1) is 20.4. The van der Waals surface area contributed by atoms with Crippen LogP contribution in [0, 0.1) is 0 Å². The number of nitrogens with one attached hydrogen (secondary N) is 2. The Morgan fingerprint density at radius 1 is 1.33 bits per heavy atom. The van der Waals surface area contributed by atoms with Crippen LogP contribution in [0.4, 0.5) is 11.8 Å².